The molecule has 0 saturated heterocycles. The molecule has 1 aromatic rings. The summed E-state index contributed by atoms with van der Waals surface area (Å²) in [6.45, 7) is 7.55. The smallest absolute Gasteiger partial charge is 0.351 e. The standard InChI is InChI=1S/C16H23NO4/c1-16(2,3)17(4)9-10-19-15(18)14-11-20-12-7-5-6-8-13(12)21-14/h5-8,14H,9-11H2,1-4H3. The minimum absolute atomic E-state index is 0.0514. The fraction of sp³-hybridized carbons (Fsp3) is 0.562. The van der Waals surface area contributed by atoms with Gasteiger partial charge >= 0.3 is 5.97 Å². The maximum Gasteiger partial charge on any atom is 0.351 e. The number of hydrogen-bond donors (Lipinski definition) is 0. The molecule has 1 unspecified atom stereocenters. The van der Waals surface area contributed by atoms with Crippen LogP contribution >= 0.6 is 0 Å². The van der Waals surface area contributed by atoms with E-state index in [2.05, 4.69) is 25.7 Å². The van der Waals surface area contributed by atoms with Gasteiger partial charge in [-0.25, -0.2) is 4.79 Å². The molecule has 21 heavy (non-hydrogen) atoms. The molecule has 0 saturated carbocycles. The van der Waals surface area contributed by atoms with Gasteiger partial charge in [0.1, 0.15) is 13.2 Å². The van der Waals surface area contributed by atoms with Crippen LogP contribution in [0.5, 0.6) is 11.5 Å². The van der Waals surface area contributed by atoms with Crippen LogP contribution in [0.25, 0.3) is 0 Å². The Morgan fingerprint density at radius 1 is 1.33 bits per heavy atom. The summed E-state index contributed by atoms with van der Waals surface area (Å²) >= 11 is 0. The second-order valence-electron chi connectivity index (χ2n) is 6.12. The first-order valence-corrected chi connectivity index (χ1v) is 7.14. The van der Waals surface area contributed by atoms with Crippen LogP contribution in [-0.4, -0.2) is 49.3 Å². The lowest BCUT2D eigenvalue weighted by Crippen LogP contribution is -2.42. The molecule has 1 aromatic carbocycles. The molecule has 0 fully saturated rings. The molecule has 1 aliphatic heterocycles. The number of benzene rings is 1. The first-order valence-electron chi connectivity index (χ1n) is 7.14. The number of ether oxygens (including phenoxy) is 3. The number of fused-ring (bicyclic) bond motifs is 1. The Morgan fingerprint density at radius 3 is 2.67 bits per heavy atom. The highest BCUT2D eigenvalue weighted by Gasteiger charge is 2.28. The molecule has 0 amide bonds. The minimum Gasteiger partial charge on any atom is -0.485 e. The fourth-order valence-electron chi connectivity index (χ4n) is 1.85. The van der Waals surface area contributed by atoms with Gasteiger partial charge in [-0.15, -0.1) is 0 Å². The molecule has 0 spiro atoms. The van der Waals surface area contributed by atoms with Crippen LogP contribution in [0.4, 0.5) is 0 Å². The van der Waals surface area contributed by atoms with Crippen molar-refractivity contribution in [3.8, 4) is 11.5 Å². The van der Waals surface area contributed by atoms with Gasteiger partial charge in [0.15, 0.2) is 11.5 Å². The molecule has 1 atom stereocenters. The van der Waals surface area contributed by atoms with Crippen molar-refractivity contribution in [2.75, 3.05) is 26.8 Å². The van der Waals surface area contributed by atoms with Gasteiger partial charge in [0.25, 0.3) is 0 Å². The lowest BCUT2D eigenvalue weighted by atomic mass is 10.1. The second kappa shape index (κ2) is 6.35. The van der Waals surface area contributed by atoms with Gasteiger partial charge in [-0.1, -0.05) is 12.1 Å². The van der Waals surface area contributed by atoms with E-state index in [-0.39, 0.29) is 18.1 Å². The summed E-state index contributed by atoms with van der Waals surface area (Å²) in [5, 5.41) is 0. The van der Waals surface area contributed by atoms with Crippen molar-refractivity contribution in [1.82, 2.24) is 4.90 Å². The molecule has 5 nitrogen and oxygen atoms in total. The third kappa shape index (κ3) is 4.11. The second-order valence-corrected chi connectivity index (χ2v) is 6.12. The molecule has 0 N–H and O–H groups in total. The van der Waals surface area contributed by atoms with E-state index in [1.54, 1.807) is 6.07 Å². The van der Waals surface area contributed by atoms with E-state index in [0.717, 1.165) is 0 Å². The number of likely N-dealkylation sites (N-methyl/N-ethyl adjacent to an activating group) is 1. The Hall–Kier alpha value is -1.75. The van der Waals surface area contributed by atoms with E-state index in [1.807, 2.05) is 25.2 Å². The molecular formula is C16H23NO4. The minimum atomic E-state index is -0.695. The highest BCUT2D eigenvalue weighted by molar-refractivity contribution is 5.76. The summed E-state index contributed by atoms with van der Waals surface area (Å²) in [6.07, 6.45) is -0.695. The third-order valence-corrected chi connectivity index (χ3v) is 3.59. The van der Waals surface area contributed by atoms with Gasteiger partial charge in [-0.05, 0) is 40.0 Å². The third-order valence-electron chi connectivity index (χ3n) is 3.59. The zero-order valence-corrected chi connectivity index (χ0v) is 13.1. The molecule has 5 heteroatoms. The zero-order chi connectivity index (χ0) is 15.5. The number of rotatable bonds is 4. The number of nitrogens with zero attached hydrogens (tertiary/aromatic N) is 1. The summed E-state index contributed by atoms with van der Waals surface area (Å²) < 4.78 is 16.4. The van der Waals surface area contributed by atoms with Gasteiger partial charge in [0, 0.05) is 12.1 Å². The molecule has 1 heterocycles. The predicted octanol–water partition coefficient (Wildman–Crippen LogP) is 2.10. The lowest BCUT2D eigenvalue weighted by Gasteiger charge is -2.31. The monoisotopic (exact) mass is 293 g/mol. The number of carbonyl (C=O) groups is 1. The molecule has 0 aromatic heterocycles. The van der Waals surface area contributed by atoms with Crippen LogP contribution in [0.15, 0.2) is 24.3 Å². The quantitative estimate of drug-likeness (QED) is 0.796. The molecular weight excluding hydrogens is 270 g/mol. The van der Waals surface area contributed by atoms with Crippen LogP contribution in [0.2, 0.25) is 0 Å². The van der Waals surface area contributed by atoms with Gasteiger partial charge in [-0.2, -0.15) is 0 Å². The number of para-hydroxylation sites is 2. The Bertz CT molecular complexity index is 495. The molecule has 1 aliphatic rings. The largest absolute Gasteiger partial charge is 0.485 e. The lowest BCUT2D eigenvalue weighted by molar-refractivity contribution is -0.155. The van der Waals surface area contributed by atoms with Gasteiger partial charge in [-0.3, -0.25) is 4.90 Å². The first kappa shape index (κ1) is 15.6. The molecule has 0 bridgehead atoms. The summed E-state index contributed by atoms with van der Waals surface area (Å²) in [6, 6.07) is 7.30. The highest BCUT2D eigenvalue weighted by atomic mass is 16.6. The maximum absolute atomic E-state index is 12.0. The summed E-state index contributed by atoms with van der Waals surface area (Å²) in [7, 11) is 2.00. The topological polar surface area (TPSA) is 48.0 Å². The molecule has 0 radical (unpaired) electrons. The Kier molecular flexibility index (Phi) is 4.73. The highest BCUT2D eigenvalue weighted by Crippen LogP contribution is 2.31. The number of hydrogen-bond acceptors (Lipinski definition) is 5. The Balaban J connectivity index is 1.80. The maximum atomic E-state index is 12.0. The van der Waals surface area contributed by atoms with Crippen molar-refractivity contribution < 1.29 is 19.0 Å². The Morgan fingerprint density at radius 2 is 2.00 bits per heavy atom. The van der Waals surface area contributed by atoms with Gasteiger partial charge in [0.2, 0.25) is 6.10 Å². The summed E-state index contributed by atoms with van der Waals surface area (Å²) in [4.78, 5) is 14.1. The number of esters is 1. The van der Waals surface area contributed by atoms with Crippen LogP contribution < -0.4 is 9.47 Å². The van der Waals surface area contributed by atoms with Crippen molar-refractivity contribution in [1.29, 1.82) is 0 Å². The average Bonchev–Trinajstić information content (AvgIpc) is 2.45. The van der Waals surface area contributed by atoms with Crippen LogP contribution in [0.1, 0.15) is 20.8 Å². The molecule has 2 rings (SSSR count). The zero-order valence-electron chi connectivity index (χ0n) is 13.1. The van der Waals surface area contributed by atoms with E-state index < -0.39 is 6.10 Å². The van der Waals surface area contributed by atoms with Crippen molar-refractivity contribution in [2.24, 2.45) is 0 Å². The predicted molar refractivity (Wildman–Crippen MR) is 79.7 cm³/mol. The van der Waals surface area contributed by atoms with Gasteiger partial charge < -0.3 is 14.2 Å². The summed E-state index contributed by atoms with van der Waals surface area (Å²) in [5.41, 5.74) is 0.0514. The van der Waals surface area contributed by atoms with E-state index in [9.17, 15) is 4.79 Å². The van der Waals surface area contributed by atoms with E-state index in [1.165, 1.54) is 0 Å². The van der Waals surface area contributed by atoms with Crippen LogP contribution in [-0.2, 0) is 9.53 Å². The van der Waals surface area contributed by atoms with Crippen molar-refractivity contribution in [2.45, 2.75) is 32.4 Å². The molecule has 0 aliphatic carbocycles. The van der Waals surface area contributed by atoms with E-state index >= 15 is 0 Å². The van der Waals surface area contributed by atoms with Crippen LogP contribution in [0.3, 0.4) is 0 Å². The van der Waals surface area contributed by atoms with E-state index in [0.29, 0.717) is 24.7 Å². The van der Waals surface area contributed by atoms with E-state index in [4.69, 9.17) is 14.2 Å². The van der Waals surface area contributed by atoms with Crippen LogP contribution in [0, 0.1) is 0 Å². The SMILES string of the molecule is CN(CCOC(=O)C1COc2ccccc2O1)C(C)(C)C. The number of carbonyl (C=O) groups excluding carboxylic acids is 1. The average molecular weight is 293 g/mol. The van der Waals surface area contributed by atoms with Crippen molar-refractivity contribution in [3.63, 3.8) is 0 Å². The summed E-state index contributed by atoms with van der Waals surface area (Å²) in [5.74, 6) is 0.860. The normalized spacial score (nSPS) is 17.7. The first-order chi connectivity index (χ1) is 9.88. The van der Waals surface area contributed by atoms with Gasteiger partial charge in [0.05, 0.1) is 0 Å². The van der Waals surface area contributed by atoms with Crippen molar-refractivity contribution in [3.05, 3.63) is 24.3 Å². The van der Waals surface area contributed by atoms with Crippen molar-refractivity contribution >= 4 is 5.97 Å². The molecule has 116 valence electrons. The fourth-order valence-corrected chi connectivity index (χ4v) is 1.85. The Labute approximate surface area is 125 Å².